The van der Waals surface area contributed by atoms with E-state index in [0.29, 0.717) is 11.3 Å². The zero-order valence-corrected chi connectivity index (χ0v) is 19.8. The molecule has 33 heavy (non-hydrogen) atoms. The Hall–Kier alpha value is -3.60. The van der Waals surface area contributed by atoms with Crippen molar-refractivity contribution in [1.29, 1.82) is 0 Å². The lowest BCUT2D eigenvalue weighted by molar-refractivity contribution is -0.122. The topological polar surface area (TPSA) is 67.4 Å². The normalized spacial score (nSPS) is 11.5. The van der Waals surface area contributed by atoms with Crippen molar-refractivity contribution in [3.8, 4) is 5.75 Å². The third-order valence-electron chi connectivity index (χ3n) is 5.48. The highest BCUT2D eigenvalue weighted by Crippen LogP contribution is 2.19. The largest absolute Gasteiger partial charge is 0.481 e. The standard InChI is InChI=1S/C28H32N2O3/c1-5-6-7-22-10-14-24(15-11-22)29-28(32)23-12-16-25(17-13-23)33-21(4)27(31)30-26-18-19(2)8-9-20(26)3/h8-18,21H,5-7H2,1-4H3,(H,29,32)(H,30,31). The second-order valence-corrected chi connectivity index (χ2v) is 8.35. The van der Waals surface area contributed by atoms with Crippen LogP contribution in [0.1, 0.15) is 53.7 Å². The lowest BCUT2D eigenvalue weighted by Crippen LogP contribution is -2.30. The molecule has 0 aromatic heterocycles. The molecule has 2 amide bonds. The summed E-state index contributed by atoms with van der Waals surface area (Å²) in [6.07, 6.45) is 2.68. The number of anilines is 2. The van der Waals surface area contributed by atoms with Gasteiger partial charge in [0, 0.05) is 16.9 Å². The molecule has 0 heterocycles. The number of unbranched alkanes of at least 4 members (excludes halogenated alkanes) is 1. The van der Waals surface area contributed by atoms with Gasteiger partial charge in [0.05, 0.1) is 0 Å². The van der Waals surface area contributed by atoms with Gasteiger partial charge in [0.2, 0.25) is 0 Å². The Balaban J connectivity index is 1.55. The van der Waals surface area contributed by atoms with Gasteiger partial charge in [0.15, 0.2) is 6.10 Å². The van der Waals surface area contributed by atoms with Gasteiger partial charge < -0.3 is 15.4 Å². The van der Waals surface area contributed by atoms with E-state index < -0.39 is 6.10 Å². The molecule has 5 nitrogen and oxygen atoms in total. The van der Waals surface area contributed by atoms with Crippen molar-refractivity contribution in [2.24, 2.45) is 0 Å². The van der Waals surface area contributed by atoms with E-state index in [1.54, 1.807) is 31.2 Å². The Morgan fingerprint density at radius 1 is 0.909 bits per heavy atom. The summed E-state index contributed by atoms with van der Waals surface area (Å²) in [6.45, 7) is 7.80. The van der Waals surface area contributed by atoms with E-state index in [-0.39, 0.29) is 11.8 Å². The minimum Gasteiger partial charge on any atom is -0.481 e. The third kappa shape index (κ3) is 6.94. The summed E-state index contributed by atoms with van der Waals surface area (Å²) in [6, 6.07) is 20.6. The van der Waals surface area contributed by atoms with Crippen molar-refractivity contribution < 1.29 is 14.3 Å². The molecular weight excluding hydrogens is 412 g/mol. The second kappa shape index (κ2) is 11.3. The Morgan fingerprint density at radius 2 is 1.61 bits per heavy atom. The summed E-state index contributed by atoms with van der Waals surface area (Å²) >= 11 is 0. The average Bonchev–Trinajstić information content (AvgIpc) is 2.81. The van der Waals surface area contributed by atoms with E-state index in [4.69, 9.17) is 4.74 Å². The van der Waals surface area contributed by atoms with Crippen molar-refractivity contribution >= 4 is 23.2 Å². The van der Waals surface area contributed by atoms with Crippen molar-refractivity contribution in [2.75, 3.05) is 10.6 Å². The van der Waals surface area contributed by atoms with Crippen LogP contribution in [0.2, 0.25) is 0 Å². The summed E-state index contributed by atoms with van der Waals surface area (Å²) in [4.78, 5) is 25.1. The minimum absolute atomic E-state index is 0.191. The van der Waals surface area contributed by atoms with Crippen LogP contribution >= 0.6 is 0 Å². The number of hydrogen-bond acceptors (Lipinski definition) is 3. The molecule has 172 valence electrons. The average molecular weight is 445 g/mol. The fraction of sp³-hybridized carbons (Fsp3) is 0.286. The van der Waals surface area contributed by atoms with E-state index in [9.17, 15) is 9.59 Å². The maximum absolute atomic E-state index is 12.6. The lowest BCUT2D eigenvalue weighted by atomic mass is 10.1. The SMILES string of the molecule is CCCCc1ccc(NC(=O)c2ccc(OC(C)C(=O)Nc3cc(C)ccc3C)cc2)cc1. The minimum atomic E-state index is -0.684. The van der Waals surface area contributed by atoms with Crippen LogP contribution in [0.15, 0.2) is 66.7 Å². The fourth-order valence-corrected chi connectivity index (χ4v) is 3.39. The molecule has 0 fully saturated rings. The van der Waals surface area contributed by atoms with Crippen LogP contribution in [0.25, 0.3) is 0 Å². The first-order valence-corrected chi connectivity index (χ1v) is 11.4. The molecule has 0 spiro atoms. The van der Waals surface area contributed by atoms with Crippen molar-refractivity contribution in [3.05, 3.63) is 89.0 Å². The first-order chi connectivity index (χ1) is 15.9. The Labute approximate surface area is 196 Å². The van der Waals surface area contributed by atoms with Gasteiger partial charge in [-0.15, -0.1) is 0 Å². The van der Waals surface area contributed by atoms with Crippen LogP contribution < -0.4 is 15.4 Å². The third-order valence-corrected chi connectivity index (χ3v) is 5.48. The number of hydrogen-bond donors (Lipinski definition) is 2. The number of amides is 2. The molecule has 3 rings (SSSR count). The van der Waals surface area contributed by atoms with Gasteiger partial charge in [-0.05, 0) is 92.8 Å². The van der Waals surface area contributed by atoms with Crippen molar-refractivity contribution in [1.82, 2.24) is 0 Å². The molecule has 3 aromatic carbocycles. The number of ether oxygens (including phenoxy) is 1. The Bertz CT molecular complexity index is 1090. The zero-order valence-electron chi connectivity index (χ0n) is 19.8. The Kier molecular flexibility index (Phi) is 8.25. The van der Waals surface area contributed by atoms with E-state index in [2.05, 4.69) is 17.6 Å². The van der Waals surface area contributed by atoms with Crippen LogP contribution in [0.4, 0.5) is 11.4 Å². The molecule has 0 bridgehead atoms. The van der Waals surface area contributed by atoms with E-state index in [0.717, 1.165) is 41.8 Å². The summed E-state index contributed by atoms with van der Waals surface area (Å²) in [5, 5.41) is 5.83. The second-order valence-electron chi connectivity index (χ2n) is 8.35. The van der Waals surface area contributed by atoms with Crippen molar-refractivity contribution in [2.45, 2.75) is 53.1 Å². The predicted molar refractivity (Wildman–Crippen MR) is 134 cm³/mol. The van der Waals surface area contributed by atoms with Crippen LogP contribution in [-0.4, -0.2) is 17.9 Å². The van der Waals surface area contributed by atoms with Crippen LogP contribution in [0.5, 0.6) is 5.75 Å². The summed E-state index contributed by atoms with van der Waals surface area (Å²) in [5.74, 6) is 0.104. The van der Waals surface area contributed by atoms with Gasteiger partial charge in [0.1, 0.15) is 5.75 Å². The van der Waals surface area contributed by atoms with E-state index >= 15 is 0 Å². The Morgan fingerprint density at radius 3 is 2.27 bits per heavy atom. The number of rotatable bonds is 9. The molecule has 0 saturated heterocycles. The van der Waals surface area contributed by atoms with Crippen LogP contribution in [0, 0.1) is 13.8 Å². The maximum atomic E-state index is 12.6. The van der Waals surface area contributed by atoms with E-state index in [1.165, 1.54) is 5.56 Å². The van der Waals surface area contributed by atoms with Gasteiger partial charge in [0.25, 0.3) is 11.8 Å². The molecule has 3 aromatic rings. The van der Waals surface area contributed by atoms with E-state index in [1.807, 2.05) is 56.3 Å². The highest BCUT2D eigenvalue weighted by Gasteiger charge is 2.16. The molecule has 5 heteroatoms. The highest BCUT2D eigenvalue weighted by molar-refractivity contribution is 6.04. The lowest BCUT2D eigenvalue weighted by Gasteiger charge is -2.16. The molecule has 0 aliphatic heterocycles. The molecule has 0 aliphatic rings. The molecular formula is C28H32N2O3. The number of aryl methyl sites for hydroxylation is 3. The van der Waals surface area contributed by atoms with Crippen LogP contribution in [0.3, 0.4) is 0 Å². The number of carbonyl (C=O) groups is 2. The smallest absolute Gasteiger partial charge is 0.265 e. The first kappa shape index (κ1) is 24.1. The molecule has 0 aliphatic carbocycles. The molecule has 0 saturated carbocycles. The number of nitrogens with one attached hydrogen (secondary N) is 2. The molecule has 0 radical (unpaired) electrons. The van der Waals surface area contributed by atoms with Gasteiger partial charge in [-0.25, -0.2) is 0 Å². The van der Waals surface area contributed by atoms with Crippen molar-refractivity contribution in [3.63, 3.8) is 0 Å². The highest BCUT2D eigenvalue weighted by atomic mass is 16.5. The number of carbonyl (C=O) groups excluding carboxylic acids is 2. The van der Waals surface area contributed by atoms with Gasteiger partial charge in [-0.3, -0.25) is 9.59 Å². The monoisotopic (exact) mass is 444 g/mol. The molecule has 2 N–H and O–H groups in total. The van der Waals surface area contributed by atoms with Gasteiger partial charge >= 0.3 is 0 Å². The summed E-state index contributed by atoms with van der Waals surface area (Å²) in [5.41, 5.74) is 5.40. The maximum Gasteiger partial charge on any atom is 0.265 e. The van der Waals surface area contributed by atoms with Gasteiger partial charge in [-0.1, -0.05) is 37.6 Å². The summed E-state index contributed by atoms with van der Waals surface area (Å²) < 4.78 is 5.77. The quantitative estimate of drug-likeness (QED) is 0.407. The van der Waals surface area contributed by atoms with Crippen LogP contribution in [-0.2, 0) is 11.2 Å². The fourth-order valence-electron chi connectivity index (χ4n) is 3.39. The number of benzene rings is 3. The zero-order chi connectivity index (χ0) is 23.8. The summed E-state index contributed by atoms with van der Waals surface area (Å²) in [7, 11) is 0. The molecule has 1 atom stereocenters. The predicted octanol–water partition coefficient (Wildman–Crippen LogP) is 6.30. The first-order valence-electron chi connectivity index (χ1n) is 11.4. The molecule has 1 unspecified atom stereocenters. The van der Waals surface area contributed by atoms with Gasteiger partial charge in [-0.2, -0.15) is 0 Å².